The number of nitrogens with two attached hydrogens (primary N) is 1. The second-order valence-corrected chi connectivity index (χ2v) is 5.14. The molecule has 1 aromatic rings. The summed E-state index contributed by atoms with van der Waals surface area (Å²) in [5.41, 5.74) is 4.75. The SMILES string of the molecule is CC(CNC(=O)c1c(F)cc(Br)cc1F)C(N)=S. The van der Waals surface area contributed by atoms with E-state index in [-0.39, 0.29) is 21.9 Å². The second-order valence-electron chi connectivity index (χ2n) is 3.76. The fourth-order valence-corrected chi connectivity index (χ4v) is 1.68. The highest BCUT2D eigenvalue weighted by molar-refractivity contribution is 9.10. The van der Waals surface area contributed by atoms with Crippen LogP contribution in [0.2, 0.25) is 0 Å². The van der Waals surface area contributed by atoms with Gasteiger partial charge in [0.1, 0.15) is 17.2 Å². The van der Waals surface area contributed by atoms with Crippen molar-refractivity contribution in [3.8, 4) is 0 Å². The molecule has 0 aliphatic heterocycles. The first-order valence-corrected chi connectivity index (χ1v) is 6.25. The quantitative estimate of drug-likeness (QED) is 0.830. The molecule has 1 aromatic carbocycles. The van der Waals surface area contributed by atoms with Crippen LogP contribution >= 0.6 is 28.1 Å². The van der Waals surface area contributed by atoms with Crippen LogP contribution in [0, 0.1) is 17.6 Å². The summed E-state index contributed by atoms with van der Waals surface area (Å²) in [7, 11) is 0. The number of carbonyl (C=O) groups excluding carboxylic acids is 1. The Kier molecular flexibility index (Phi) is 5.15. The van der Waals surface area contributed by atoms with E-state index in [1.54, 1.807) is 6.92 Å². The van der Waals surface area contributed by atoms with Gasteiger partial charge in [0, 0.05) is 16.9 Å². The smallest absolute Gasteiger partial charge is 0.257 e. The molecule has 0 aromatic heterocycles. The lowest BCUT2D eigenvalue weighted by atomic mass is 10.1. The third kappa shape index (κ3) is 3.71. The minimum atomic E-state index is -0.928. The molecule has 3 N–H and O–H groups in total. The first kappa shape index (κ1) is 15.0. The molecule has 0 heterocycles. The van der Waals surface area contributed by atoms with E-state index in [1.807, 2.05) is 0 Å². The van der Waals surface area contributed by atoms with Gasteiger partial charge in [0.2, 0.25) is 0 Å². The van der Waals surface area contributed by atoms with Crippen molar-refractivity contribution in [1.82, 2.24) is 5.32 Å². The summed E-state index contributed by atoms with van der Waals surface area (Å²) in [5.74, 6) is -2.93. The first-order chi connectivity index (χ1) is 8.32. The molecule has 1 amide bonds. The second kappa shape index (κ2) is 6.19. The van der Waals surface area contributed by atoms with E-state index >= 15 is 0 Å². The van der Waals surface area contributed by atoms with Crippen LogP contribution in [0.3, 0.4) is 0 Å². The summed E-state index contributed by atoms with van der Waals surface area (Å²) >= 11 is 7.66. The molecule has 98 valence electrons. The van der Waals surface area contributed by atoms with Crippen molar-refractivity contribution in [3.05, 3.63) is 33.8 Å². The van der Waals surface area contributed by atoms with Crippen LogP contribution in [-0.2, 0) is 0 Å². The fourth-order valence-electron chi connectivity index (χ4n) is 1.19. The Balaban J connectivity index is 2.82. The van der Waals surface area contributed by atoms with Gasteiger partial charge in [-0.3, -0.25) is 4.79 Å². The van der Waals surface area contributed by atoms with Crippen molar-refractivity contribution in [2.24, 2.45) is 11.7 Å². The number of thiocarbonyl (C=S) groups is 1. The van der Waals surface area contributed by atoms with E-state index in [1.165, 1.54) is 0 Å². The first-order valence-electron chi connectivity index (χ1n) is 5.05. The molecule has 3 nitrogen and oxygen atoms in total. The number of rotatable bonds is 4. The van der Waals surface area contributed by atoms with Gasteiger partial charge < -0.3 is 11.1 Å². The highest BCUT2D eigenvalue weighted by atomic mass is 79.9. The Bertz CT molecular complexity index is 473. The van der Waals surface area contributed by atoms with Crippen molar-refractivity contribution < 1.29 is 13.6 Å². The minimum absolute atomic E-state index is 0.128. The van der Waals surface area contributed by atoms with Gasteiger partial charge in [-0.25, -0.2) is 8.78 Å². The van der Waals surface area contributed by atoms with Gasteiger partial charge in [0.25, 0.3) is 5.91 Å². The molecule has 0 fully saturated rings. The Labute approximate surface area is 117 Å². The van der Waals surface area contributed by atoms with Crippen LogP contribution < -0.4 is 11.1 Å². The van der Waals surface area contributed by atoms with Gasteiger partial charge in [0.15, 0.2) is 0 Å². The van der Waals surface area contributed by atoms with Crippen LogP contribution in [0.4, 0.5) is 8.78 Å². The normalized spacial score (nSPS) is 12.0. The maximum atomic E-state index is 13.5. The monoisotopic (exact) mass is 336 g/mol. The molecule has 1 rings (SSSR count). The van der Waals surface area contributed by atoms with Gasteiger partial charge in [-0.2, -0.15) is 0 Å². The number of nitrogens with one attached hydrogen (secondary N) is 1. The molecule has 1 atom stereocenters. The topological polar surface area (TPSA) is 55.1 Å². The zero-order chi connectivity index (χ0) is 13.9. The Morgan fingerprint density at radius 2 is 2.00 bits per heavy atom. The molecule has 0 aliphatic carbocycles. The average molecular weight is 337 g/mol. The molecule has 0 spiro atoms. The lowest BCUT2D eigenvalue weighted by Gasteiger charge is -2.11. The van der Waals surface area contributed by atoms with Crippen molar-refractivity contribution in [1.29, 1.82) is 0 Å². The lowest BCUT2D eigenvalue weighted by Crippen LogP contribution is -2.34. The summed E-state index contributed by atoms with van der Waals surface area (Å²) in [5, 5.41) is 2.38. The largest absolute Gasteiger partial charge is 0.393 e. The van der Waals surface area contributed by atoms with Gasteiger partial charge >= 0.3 is 0 Å². The van der Waals surface area contributed by atoms with Crippen LogP contribution in [0.1, 0.15) is 17.3 Å². The van der Waals surface area contributed by atoms with E-state index in [0.717, 1.165) is 12.1 Å². The Morgan fingerprint density at radius 1 is 1.50 bits per heavy atom. The van der Waals surface area contributed by atoms with Gasteiger partial charge in [-0.05, 0) is 12.1 Å². The number of benzene rings is 1. The number of hydrogen-bond donors (Lipinski definition) is 2. The maximum Gasteiger partial charge on any atom is 0.257 e. The number of hydrogen-bond acceptors (Lipinski definition) is 2. The van der Waals surface area contributed by atoms with Crippen LogP contribution in [0.15, 0.2) is 16.6 Å². The molecule has 1 unspecified atom stereocenters. The van der Waals surface area contributed by atoms with Crippen molar-refractivity contribution in [2.75, 3.05) is 6.54 Å². The van der Waals surface area contributed by atoms with Gasteiger partial charge in [-0.15, -0.1) is 0 Å². The van der Waals surface area contributed by atoms with Crippen LogP contribution in [-0.4, -0.2) is 17.4 Å². The molecule has 0 saturated heterocycles. The number of carbonyl (C=O) groups is 1. The minimum Gasteiger partial charge on any atom is -0.393 e. The van der Waals surface area contributed by atoms with Crippen molar-refractivity contribution in [2.45, 2.75) is 6.92 Å². The number of halogens is 3. The van der Waals surface area contributed by atoms with E-state index in [0.29, 0.717) is 0 Å². The summed E-state index contributed by atoms with van der Waals surface area (Å²) in [6.07, 6.45) is 0. The molecular formula is C11H11BrF2N2OS. The molecule has 0 aliphatic rings. The van der Waals surface area contributed by atoms with E-state index in [9.17, 15) is 13.6 Å². The van der Waals surface area contributed by atoms with E-state index in [4.69, 9.17) is 18.0 Å². The van der Waals surface area contributed by atoms with Crippen LogP contribution in [0.25, 0.3) is 0 Å². The third-order valence-corrected chi connectivity index (χ3v) is 3.15. The highest BCUT2D eigenvalue weighted by Crippen LogP contribution is 2.19. The van der Waals surface area contributed by atoms with Crippen molar-refractivity contribution in [3.63, 3.8) is 0 Å². The van der Waals surface area contributed by atoms with Gasteiger partial charge in [-0.1, -0.05) is 35.1 Å². The molecule has 18 heavy (non-hydrogen) atoms. The summed E-state index contributed by atoms with van der Waals surface area (Å²) in [6, 6.07) is 2.05. The summed E-state index contributed by atoms with van der Waals surface area (Å²) in [4.78, 5) is 11.9. The predicted octanol–water partition coefficient (Wildman–Crippen LogP) is 2.38. The maximum absolute atomic E-state index is 13.5. The van der Waals surface area contributed by atoms with Crippen molar-refractivity contribution >= 4 is 39.0 Å². The molecule has 0 radical (unpaired) electrons. The lowest BCUT2D eigenvalue weighted by molar-refractivity contribution is 0.0943. The number of amides is 1. The zero-order valence-corrected chi connectivity index (χ0v) is 11.9. The van der Waals surface area contributed by atoms with Crippen LogP contribution in [0.5, 0.6) is 0 Å². The van der Waals surface area contributed by atoms with E-state index in [2.05, 4.69) is 21.2 Å². The highest BCUT2D eigenvalue weighted by Gasteiger charge is 2.19. The standard InChI is InChI=1S/C11H11BrF2N2OS/c1-5(10(15)18)4-16-11(17)9-7(13)2-6(12)3-8(9)14/h2-3,5H,4H2,1H3,(H2,15,18)(H,16,17). The predicted molar refractivity (Wildman–Crippen MR) is 72.3 cm³/mol. The molecule has 7 heteroatoms. The zero-order valence-electron chi connectivity index (χ0n) is 9.47. The molecular weight excluding hydrogens is 326 g/mol. The Hall–Kier alpha value is -1.08. The third-order valence-electron chi connectivity index (χ3n) is 2.29. The summed E-state index contributed by atoms with van der Waals surface area (Å²) < 4.78 is 27.2. The molecule has 0 saturated carbocycles. The van der Waals surface area contributed by atoms with E-state index < -0.39 is 23.1 Å². The Morgan fingerprint density at radius 3 is 2.44 bits per heavy atom. The summed E-state index contributed by atoms with van der Waals surface area (Å²) in [6.45, 7) is 1.83. The average Bonchev–Trinajstić information content (AvgIpc) is 2.24. The van der Waals surface area contributed by atoms with Gasteiger partial charge in [0.05, 0.1) is 4.99 Å². The fraction of sp³-hybridized carbons (Fsp3) is 0.273. The molecule has 0 bridgehead atoms.